The predicted molar refractivity (Wildman–Crippen MR) is 258 cm³/mol. The molecule has 0 amide bonds. The van der Waals surface area contributed by atoms with Crippen molar-refractivity contribution in [2.75, 3.05) is 4.90 Å². The summed E-state index contributed by atoms with van der Waals surface area (Å²) < 4.78 is 4.86. The van der Waals surface area contributed by atoms with Crippen LogP contribution in [0.15, 0.2) is 152 Å². The van der Waals surface area contributed by atoms with Crippen molar-refractivity contribution in [1.82, 2.24) is 18.8 Å². The van der Waals surface area contributed by atoms with E-state index in [1.807, 2.05) is 0 Å². The molecule has 0 unspecified atom stereocenters. The lowest BCUT2D eigenvalue weighted by Gasteiger charge is -2.29. The minimum atomic E-state index is -0.109. The van der Waals surface area contributed by atoms with Crippen LogP contribution in [0.1, 0.15) is 52.7 Å². The average Bonchev–Trinajstić information content (AvgIpc) is 3.98. The summed E-state index contributed by atoms with van der Waals surface area (Å²) in [5.41, 5.74) is 14.1. The topological polar surface area (TPSA) is 37.8 Å². The van der Waals surface area contributed by atoms with Crippen molar-refractivity contribution < 1.29 is 0 Å². The van der Waals surface area contributed by atoms with E-state index >= 15 is 0 Å². The molecular weight excluding hydrogens is 743 g/mol. The summed E-state index contributed by atoms with van der Waals surface area (Å²) in [4.78, 5) is 14.2. The molecule has 0 aliphatic heterocycles. The van der Waals surface area contributed by atoms with Crippen LogP contribution in [0.25, 0.3) is 98.3 Å². The predicted octanol–water partition coefficient (Wildman–Crippen LogP) is 15.1. The second kappa shape index (κ2) is 11.7. The van der Waals surface area contributed by atoms with Crippen LogP contribution in [0.5, 0.6) is 0 Å². The summed E-state index contributed by atoms with van der Waals surface area (Å²) in [6.07, 6.45) is 0. The van der Waals surface area contributed by atoms with E-state index in [-0.39, 0.29) is 10.8 Å². The van der Waals surface area contributed by atoms with Gasteiger partial charge < -0.3 is 4.90 Å². The Kier molecular flexibility index (Phi) is 6.66. The molecule has 5 nitrogen and oxygen atoms in total. The summed E-state index contributed by atoms with van der Waals surface area (Å²) in [7, 11) is 0. The van der Waals surface area contributed by atoms with Crippen LogP contribution < -0.4 is 4.90 Å². The first-order valence-electron chi connectivity index (χ1n) is 21.4. The van der Waals surface area contributed by atoms with Crippen molar-refractivity contribution in [2.24, 2.45) is 0 Å². The van der Waals surface area contributed by atoms with Gasteiger partial charge in [-0.05, 0) is 104 Å². The molecular formula is C56H43N5. The Morgan fingerprint density at radius 3 is 1.46 bits per heavy atom. The zero-order chi connectivity index (χ0) is 41.1. The van der Waals surface area contributed by atoms with Gasteiger partial charge >= 0.3 is 0 Å². The first-order valence-corrected chi connectivity index (χ1v) is 21.4. The third kappa shape index (κ3) is 4.61. The molecule has 0 fully saturated rings. The maximum Gasteiger partial charge on any atom is 0.165 e. The van der Waals surface area contributed by atoms with E-state index in [1.54, 1.807) is 0 Å². The van der Waals surface area contributed by atoms with Crippen LogP contribution in [0.4, 0.5) is 17.1 Å². The number of hydrogen-bond acceptors (Lipinski definition) is 3. The fourth-order valence-electron chi connectivity index (χ4n) is 10.4. The maximum absolute atomic E-state index is 5.91. The number of aromatic nitrogens is 4. The van der Waals surface area contributed by atoms with E-state index in [9.17, 15) is 0 Å². The number of anilines is 3. The molecule has 13 rings (SSSR count). The molecule has 0 saturated carbocycles. The van der Waals surface area contributed by atoms with E-state index in [0.717, 1.165) is 66.7 Å². The largest absolute Gasteiger partial charge is 0.308 e. The van der Waals surface area contributed by atoms with Crippen LogP contribution in [-0.2, 0) is 10.8 Å². The van der Waals surface area contributed by atoms with E-state index in [0.29, 0.717) is 0 Å². The number of para-hydroxylation sites is 2. The van der Waals surface area contributed by atoms with E-state index in [2.05, 4.69) is 207 Å². The van der Waals surface area contributed by atoms with Gasteiger partial charge in [-0.2, -0.15) is 0 Å². The zero-order valence-corrected chi connectivity index (χ0v) is 35.2. The molecule has 61 heavy (non-hydrogen) atoms. The number of rotatable bonds is 3. The standard InChI is InChI=1S/C56H43N5/c1-55(2,3)34-25-26-44-40(29-34)41-27-32-17-13-15-23-38(32)46-48-53(60(44)51(41)46)57-49-47-39-24-16-14-18-33(39)28-42-43-30-35(56(4,5)6)31-45(50(43)61(52(42)47)54(49)58-48)59(36-19-9-7-10-20-36)37-21-11-8-12-22-37/h7-31H,1-6H3. The highest BCUT2D eigenvalue weighted by molar-refractivity contribution is 6.34. The Morgan fingerprint density at radius 2 is 0.885 bits per heavy atom. The minimum Gasteiger partial charge on any atom is -0.308 e. The highest BCUT2D eigenvalue weighted by Gasteiger charge is 2.31. The van der Waals surface area contributed by atoms with Gasteiger partial charge in [0.25, 0.3) is 0 Å². The van der Waals surface area contributed by atoms with E-state index in [4.69, 9.17) is 9.97 Å². The van der Waals surface area contributed by atoms with Gasteiger partial charge in [-0.25, -0.2) is 9.97 Å². The molecule has 0 N–H and O–H groups in total. The van der Waals surface area contributed by atoms with Crippen molar-refractivity contribution in [1.29, 1.82) is 0 Å². The normalized spacial score (nSPS) is 13.1. The van der Waals surface area contributed by atoms with E-state index in [1.165, 1.54) is 59.7 Å². The lowest BCUT2D eigenvalue weighted by Crippen LogP contribution is -2.15. The Morgan fingerprint density at radius 1 is 0.410 bits per heavy atom. The summed E-state index contributed by atoms with van der Waals surface area (Å²) in [5.74, 6) is 0. The molecule has 5 aromatic heterocycles. The molecule has 5 heterocycles. The lowest BCUT2D eigenvalue weighted by atomic mass is 9.85. The molecule has 13 aromatic rings. The molecule has 0 saturated heterocycles. The summed E-state index contributed by atoms with van der Waals surface area (Å²) in [6.45, 7) is 13.8. The van der Waals surface area contributed by atoms with Crippen molar-refractivity contribution in [3.8, 4) is 0 Å². The zero-order valence-electron chi connectivity index (χ0n) is 35.2. The van der Waals surface area contributed by atoms with Crippen LogP contribution in [0, 0.1) is 0 Å². The van der Waals surface area contributed by atoms with Crippen molar-refractivity contribution in [2.45, 2.75) is 52.4 Å². The van der Waals surface area contributed by atoms with Crippen molar-refractivity contribution in [3.05, 3.63) is 163 Å². The van der Waals surface area contributed by atoms with Crippen molar-refractivity contribution >= 4 is 115 Å². The van der Waals surface area contributed by atoms with Gasteiger partial charge in [0.15, 0.2) is 11.3 Å². The number of nitrogens with zero attached hydrogens (tertiary/aromatic N) is 5. The smallest absolute Gasteiger partial charge is 0.165 e. The highest BCUT2D eigenvalue weighted by atomic mass is 15.2. The second-order valence-electron chi connectivity index (χ2n) is 19.1. The first kappa shape index (κ1) is 34.6. The molecule has 292 valence electrons. The number of hydrogen-bond donors (Lipinski definition) is 0. The third-order valence-electron chi connectivity index (χ3n) is 13.4. The number of fused-ring (bicyclic) bond motifs is 16. The van der Waals surface area contributed by atoms with Gasteiger partial charge in [0, 0.05) is 43.7 Å². The molecule has 8 aromatic carbocycles. The molecule has 0 aliphatic rings. The Hall–Kier alpha value is -7.24. The molecule has 5 heteroatoms. The van der Waals surface area contributed by atoms with Gasteiger partial charge in [-0.3, -0.25) is 8.80 Å². The first-order chi connectivity index (χ1) is 29.5. The molecule has 0 spiro atoms. The third-order valence-corrected chi connectivity index (χ3v) is 13.4. The van der Waals surface area contributed by atoms with Gasteiger partial charge in [0.05, 0.1) is 27.8 Å². The quantitative estimate of drug-likeness (QED) is 0.179. The van der Waals surface area contributed by atoms with E-state index < -0.39 is 0 Å². The van der Waals surface area contributed by atoms with Crippen LogP contribution in [-0.4, -0.2) is 18.8 Å². The highest BCUT2D eigenvalue weighted by Crippen LogP contribution is 2.50. The fourth-order valence-corrected chi connectivity index (χ4v) is 10.4. The lowest BCUT2D eigenvalue weighted by molar-refractivity contribution is 0.591. The summed E-state index contributed by atoms with van der Waals surface area (Å²) >= 11 is 0. The Balaban J connectivity index is 1.28. The van der Waals surface area contributed by atoms with Gasteiger partial charge in [-0.15, -0.1) is 0 Å². The SMILES string of the molecule is CC(C)(C)c1ccc2c(c1)c1cc3ccccc3c3c4nc5c(nc4n2c13)c1c2ccccc2cc2c3cc(C(C)(C)C)cc(N(c4ccccc4)c4ccccc4)c3n5c21. The van der Waals surface area contributed by atoms with Crippen LogP contribution in [0.2, 0.25) is 0 Å². The fraction of sp³-hybridized carbons (Fsp3) is 0.143. The molecule has 0 radical (unpaired) electrons. The monoisotopic (exact) mass is 785 g/mol. The van der Waals surface area contributed by atoms with Gasteiger partial charge in [0.1, 0.15) is 11.0 Å². The molecule has 0 bridgehead atoms. The minimum absolute atomic E-state index is 0.0179. The van der Waals surface area contributed by atoms with Crippen LogP contribution in [0.3, 0.4) is 0 Å². The Labute approximate surface area is 352 Å². The summed E-state index contributed by atoms with van der Waals surface area (Å²) in [6, 6.07) is 55.8. The Bertz CT molecular complexity index is 3900. The van der Waals surface area contributed by atoms with Gasteiger partial charge in [-0.1, -0.05) is 133 Å². The van der Waals surface area contributed by atoms with Gasteiger partial charge in [0.2, 0.25) is 0 Å². The summed E-state index contributed by atoms with van der Waals surface area (Å²) in [5, 5.41) is 12.0. The second-order valence-corrected chi connectivity index (χ2v) is 19.1. The maximum atomic E-state index is 5.91. The average molecular weight is 786 g/mol. The number of benzene rings is 8. The van der Waals surface area contributed by atoms with Crippen molar-refractivity contribution in [3.63, 3.8) is 0 Å². The molecule has 0 aliphatic carbocycles. The molecule has 0 atom stereocenters. The van der Waals surface area contributed by atoms with Crippen LogP contribution >= 0.6 is 0 Å².